The van der Waals surface area contributed by atoms with Crippen LogP contribution in [0.3, 0.4) is 0 Å². The van der Waals surface area contributed by atoms with Gasteiger partial charge in [0, 0.05) is 24.9 Å². The van der Waals surface area contributed by atoms with Crippen LogP contribution in [-0.2, 0) is 9.59 Å². The first-order valence-corrected chi connectivity index (χ1v) is 10.2. The number of ether oxygens (including phenoxy) is 1. The second-order valence-corrected chi connectivity index (χ2v) is 8.45. The second-order valence-electron chi connectivity index (χ2n) is 8.45. The van der Waals surface area contributed by atoms with E-state index in [1.54, 1.807) is 7.11 Å². The van der Waals surface area contributed by atoms with Crippen LogP contribution in [-0.4, -0.2) is 50.0 Å². The van der Waals surface area contributed by atoms with E-state index in [1.165, 1.54) is 18.4 Å². The molecule has 2 amide bonds. The van der Waals surface area contributed by atoms with Crippen molar-refractivity contribution >= 4 is 11.8 Å². The van der Waals surface area contributed by atoms with Crippen molar-refractivity contribution in [3.05, 3.63) is 29.8 Å². The van der Waals surface area contributed by atoms with Gasteiger partial charge in [-0.3, -0.25) is 14.5 Å². The first-order chi connectivity index (χ1) is 13.3. The summed E-state index contributed by atoms with van der Waals surface area (Å²) in [5, 5.41) is 5.97. The lowest BCUT2D eigenvalue weighted by Gasteiger charge is -2.28. The quantitative estimate of drug-likeness (QED) is 0.637. The predicted octanol–water partition coefficient (Wildman–Crippen LogP) is 2.89. The molecule has 0 radical (unpaired) electrons. The standard InChI is InChI=1S/C22H35N3O3/c1-22(2,3)21(27)23-13-7-8-20(26)24-16-19(25-14-5-6-15-25)17-9-11-18(28-4)12-10-17/h9-12,19H,5-8,13-16H2,1-4H3,(H,23,27)(H,24,26). The number of likely N-dealkylation sites (tertiary alicyclic amines) is 1. The number of nitrogens with one attached hydrogen (secondary N) is 2. The zero-order valence-corrected chi connectivity index (χ0v) is 17.7. The molecule has 1 aliphatic rings. The zero-order chi connectivity index (χ0) is 20.6. The van der Waals surface area contributed by atoms with E-state index in [-0.39, 0.29) is 17.9 Å². The molecule has 1 aromatic carbocycles. The van der Waals surface area contributed by atoms with E-state index in [1.807, 2.05) is 32.9 Å². The highest BCUT2D eigenvalue weighted by atomic mass is 16.5. The number of carbonyl (C=O) groups excluding carboxylic acids is 2. The van der Waals surface area contributed by atoms with E-state index in [0.29, 0.717) is 25.9 Å². The molecule has 0 aromatic heterocycles. The Morgan fingerprint density at radius 1 is 1.11 bits per heavy atom. The van der Waals surface area contributed by atoms with E-state index < -0.39 is 5.41 Å². The minimum absolute atomic E-state index is 0.0153. The fourth-order valence-electron chi connectivity index (χ4n) is 3.35. The first kappa shape index (κ1) is 22.2. The Hall–Kier alpha value is -2.08. The molecule has 6 nitrogen and oxygen atoms in total. The SMILES string of the molecule is COc1ccc(C(CNC(=O)CCCNC(=O)C(C)(C)C)N2CCCC2)cc1. The molecule has 0 saturated carbocycles. The number of hydrogen-bond acceptors (Lipinski definition) is 4. The van der Waals surface area contributed by atoms with Crippen molar-refractivity contribution in [3.8, 4) is 5.75 Å². The average Bonchev–Trinajstić information content (AvgIpc) is 3.19. The maximum atomic E-state index is 12.3. The van der Waals surface area contributed by atoms with Crippen LogP contribution in [0.1, 0.15) is 58.1 Å². The number of amides is 2. The van der Waals surface area contributed by atoms with Gasteiger partial charge in [-0.05, 0) is 50.0 Å². The minimum Gasteiger partial charge on any atom is -0.497 e. The molecule has 1 saturated heterocycles. The maximum absolute atomic E-state index is 12.3. The molecular weight excluding hydrogens is 354 g/mol. The largest absolute Gasteiger partial charge is 0.497 e. The Labute approximate surface area is 169 Å². The molecule has 0 aliphatic carbocycles. The molecule has 1 fully saturated rings. The van der Waals surface area contributed by atoms with Gasteiger partial charge in [-0.25, -0.2) is 0 Å². The van der Waals surface area contributed by atoms with Crippen molar-refractivity contribution in [2.75, 3.05) is 33.3 Å². The Kier molecular flexibility index (Phi) is 8.30. The number of nitrogens with zero attached hydrogens (tertiary/aromatic N) is 1. The summed E-state index contributed by atoms with van der Waals surface area (Å²) in [7, 11) is 1.66. The van der Waals surface area contributed by atoms with Crippen molar-refractivity contribution in [3.63, 3.8) is 0 Å². The monoisotopic (exact) mass is 389 g/mol. The smallest absolute Gasteiger partial charge is 0.225 e. The van der Waals surface area contributed by atoms with Crippen molar-refractivity contribution in [1.29, 1.82) is 0 Å². The molecule has 2 N–H and O–H groups in total. The highest BCUT2D eigenvalue weighted by Gasteiger charge is 2.24. The normalized spacial score (nSPS) is 15.9. The van der Waals surface area contributed by atoms with Gasteiger partial charge in [0.2, 0.25) is 11.8 Å². The summed E-state index contributed by atoms with van der Waals surface area (Å²) in [6.45, 7) is 8.89. The van der Waals surface area contributed by atoms with E-state index in [2.05, 4.69) is 27.7 Å². The third-order valence-corrected chi connectivity index (χ3v) is 5.12. The lowest BCUT2D eigenvalue weighted by Crippen LogP contribution is -2.37. The third kappa shape index (κ3) is 6.82. The zero-order valence-electron chi connectivity index (χ0n) is 17.7. The maximum Gasteiger partial charge on any atom is 0.225 e. The molecule has 2 rings (SSSR count). The van der Waals surface area contributed by atoms with Crippen LogP contribution in [0.25, 0.3) is 0 Å². The lowest BCUT2D eigenvalue weighted by molar-refractivity contribution is -0.128. The topological polar surface area (TPSA) is 70.7 Å². The van der Waals surface area contributed by atoms with Crippen LogP contribution in [0.5, 0.6) is 5.75 Å². The molecule has 1 atom stereocenters. The van der Waals surface area contributed by atoms with Crippen LogP contribution in [0.2, 0.25) is 0 Å². The lowest BCUT2D eigenvalue weighted by atomic mass is 9.96. The molecule has 0 bridgehead atoms. The van der Waals surface area contributed by atoms with Gasteiger partial charge in [-0.15, -0.1) is 0 Å². The molecule has 28 heavy (non-hydrogen) atoms. The number of carbonyl (C=O) groups is 2. The summed E-state index contributed by atoms with van der Waals surface area (Å²) >= 11 is 0. The Morgan fingerprint density at radius 2 is 1.75 bits per heavy atom. The fourth-order valence-corrected chi connectivity index (χ4v) is 3.35. The van der Waals surface area contributed by atoms with E-state index in [4.69, 9.17) is 4.74 Å². The highest BCUT2D eigenvalue weighted by Crippen LogP contribution is 2.26. The summed E-state index contributed by atoms with van der Waals surface area (Å²) in [6, 6.07) is 8.28. The van der Waals surface area contributed by atoms with E-state index in [0.717, 1.165) is 18.8 Å². The number of hydrogen-bond donors (Lipinski definition) is 2. The number of benzene rings is 1. The predicted molar refractivity (Wildman–Crippen MR) is 111 cm³/mol. The third-order valence-electron chi connectivity index (χ3n) is 5.12. The van der Waals surface area contributed by atoms with Crippen molar-refractivity contribution in [2.45, 2.75) is 52.5 Å². The summed E-state index contributed by atoms with van der Waals surface area (Å²) < 4.78 is 5.25. The molecule has 1 unspecified atom stereocenters. The van der Waals surface area contributed by atoms with Crippen molar-refractivity contribution in [1.82, 2.24) is 15.5 Å². The van der Waals surface area contributed by atoms with Crippen LogP contribution in [0.15, 0.2) is 24.3 Å². The molecule has 0 spiro atoms. The molecule has 1 heterocycles. The summed E-state index contributed by atoms with van der Waals surface area (Å²) in [5.74, 6) is 0.884. The summed E-state index contributed by atoms with van der Waals surface area (Å²) in [6.07, 6.45) is 3.46. The van der Waals surface area contributed by atoms with Crippen LogP contribution in [0, 0.1) is 5.41 Å². The van der Waals surface area contributed by atoms with Gasteiger partial charge in [0.05, 0.1) is 13.2 Å². The second kappa shape index (κ2) is 10.5. The summed E-state index contributed by atoms with van der Waals surface area (Å²) in [4.78, 5) is 26.6. The van der Waals surface area contributed by atoms with Gasteiger partial charge in [0.1, 0.15) is 5.75 Å². The molecule has 6 heteroatoms. The average molecular weight is 390 g/mol. The van der Waals surface area contributed by atoms with Crippen LogP contribution < -0.4 is 15.4 Å². The van der Waals surface area contributed by atoms with E-state index in [9.17, 15) is 9.59 Å². The Morgan fingerprint density at radius 3 is 2.32 bits per heavy atom. The number of methoxy groups -OCH3 is 1. The van der Waals surface area contributed by atoms with Crippen LogP contribution in [0.4, 0.5) is 0 Å². The van der Waals surface area contributed by atoms with Gasteiger partial charge >= 0.3 is 0 Å². The summed E-state index contributed by atoms with van der Waals surface area (Å²) in [5.41, 5.74) is 0.796. The molecular formula is C22H35N3O3. The molecule has 1 aromatic rings. The first-order valence-electron chi connectivity index (χ1n) is 10.2. The van der Waals surface area contributed by atoms with Gasteiger partial charge < -0.3 is 15.4 Å². The Balaban J connectivity index is 1.81. The van der Waals surface area contributed by atoms with Crippen molar-refractivity contribution < 1.29 is 14.3 Å². The minimum atomic E-state index is -0.399. The van der Waals surface area contributed by atoms with E-state index >= 15 is 0 Å². The number of rotatable bonds is 9. The Bertz CT molecular complexity index is 631. The van der Waals surface area contributed by atoms with Crippen molar-refractivity contribution in [2.24, 2.45) is 5.41 Å². The van der Waals surface area contributed by atoms with Gasteiger partial charge in [-0.2, -0.15) is 0 Å². The fraction of sp³-hybridized carbons (Fsp3) is 0.636. The van der Waals surface area contributed by atoms with Gasteiger partial charge in [-0.1, -0.05) is 32.9 Å². The molecule has 156 valence electrons. The highest BCUT2D eigenvalue weighted by molar-refractivity contribution is 5.81. The van der Waals surface area contributed by atoms with Crippen LogP contribution >= 0.6 is 0 Å². The molecule has 1 aliphatic heterocycles. The van der Waals surface area contributed by atoms with Gasteiger partial charge in [0.25, 0.3) is 0 Å². The van der Waals surface area contributed by atoms with Gasteiger partial charge in [0.15, 0.2) is 0 Å².